The van der Waals surface area contributed by atoms with Crippen LogP contribution in [0, 0.1) is 10.1 Å². The Balaban J connectivity index is 1.83. The molecule has 138 valence electrons. The molecule has 1 aromatic heterocycles. The Hall–Kier alpha value is -3.35. The minimum Gasteiger partial charge on any atom is -0.292 e. The number of Topliss-reactive ketones (excluding diaryl/α,β-unsaturated/α-hetero) is 1. The van der Waals surface area contributed by atoms with Crippen molar-refractivity contribution < 1.29 is 9.72 Å². The average Bonchev–Trinajstić information content (AvgIpc) is 3.16. The van der Waals surface area contributed by atoms with Gasteiger partial charge in [-0.15, -0.1) is 0 Å². The van der Waals surface area contributed by atoms with Gasteiger partial charge in [0.05, 0.1) is 4.92 Å². The van der Waals surface area contributed by atoms with Crippen molar-refractivity contribution in [3.63, 3.8) is 0 Å². The summed E-state index contributed by atoms with van der Waals surface area (Å²) in [6.45, 7) is 4.15. The monoisotopic (exact) mass is 364 g/mol. The molecule has 0 saturated carbocycles. The Kier molecular flexibility index (Phi) is 5.40. The number of nitro groups is 1. The van der Waals surface area contributed by atoms with Crippen molar-refractivity contribution in [3.8, 4) is 11.4 Å². The standard InChI is InChI=1S/C20H20N4O3/c1-3-14-8-9-15(4-2)18(10-14)19(25)12-23-13-21-20(22-23)16-6-5-7-17(11-16)24(26)27/h5-11,13H,3-4,12H2,1-2H3. The number of nitro benzene ring substituents is 1. The lowest BCUT2D eigenvalue weighted by Crippen LogP contribution is -2.13. The highest BCUT2D eigenvalue weighted by Crippen LogP contribution is 2.21. The molecule has 0 fully saturated rings. The molecule has 0 atom stereocenters. The summed E-state index contributed by atoms with van der Waals surface area (Å²) in [5.41, 5.74) is 3.36. The van der Waals surface area contributed by atoms with Crippen LogP contribution in [0.3, 0.4) is 0 Å². The maximum atomic E-state index is 12.8. The first-order valence-electron chi connectivity index (χ1n) is 8.81. The number of nitrogens with zero attached hydrogens (tertiary/aromatic N) is 4. The van der Waals surface area contributed by atoms with Crippen LogP contribution < -0.4 is 0 Å². The normalized spacial score (nSPS) is 10.7. The number of carbonyl (C=O) groups is 1. The van der Waals surface area contributed by atoms with Crippen molar-refractivity contribution in [1.82, 2.24) is 14.8 Å². The molecule has 7 nitrogen and oxygen atoms in total. The van der Waals surface area contributed by atoms with E-state index in [1.54, 1.807) is 12.1 Å². The Morgan fingerprint density at radius 1 is 1.15 bits per heavy atom. The fraction of sp³-hybridized carbons (Fsp3) is 0.250. The van der Waals surface area contributed by atoms with Gasteiger partial charge in [0.2, 0.25) is 0 Å². The van der Waals surface area contributed by atoms with Crippen molar-refractivity contribution in [2.75, 3.05) is 0 Å². The summed E-state index contributed by atoms with van der Waals surface area (Å²) in [6.07, 6.45) is 3.12. The number of non-ortho nitro benzene ring substituents is 1. The van der Waals surface area contributed by atoms with Crippen LogP contribution in [0.2, 0.25) is 0 Å². The predicted molar refractivity (Wildman–Crippen MR) is 102 cm³/mol. The molecule has 0 bridgehead atoms. The Labute approximate surface area is 156 Å². The minimum atomic E-state index is -0.461. The van der Waals surface area contributed by atoms with Crippen molar-refractivity contribution in [1.29, 1.82) is 0 Å². The van der Waals surface area contributed by atoms with Crippen LogP contribution >= 0.6 is 0 Å². The second-order valence-corrected chi connectivity index (χ2v) is 6.19. The van der Waals surface area contributed by atoms with Gasteiger partial charge in [-0.3, -0.25) is 14.9 Å². The van der Waals surface area contributed by atoms with Gasteiger partial charge in [-0.25, -0.2) is 9.67 Å². The summed E-state index contributed by atoms with van der Waals surface area (Å²) < 4.78 is 1.47. The maximum Gasteiger partial charge on any atom is 0.270 e. The van der Waals surface area contributed by atoms with Gasteiger partial charge >= 0.3 is 0 Å². The molecule has 0 aliphatic rings. The lowest BCUT2D eigenvalue weighted by atomic mass is 9.98. The van der Waals surface area contributed by atoms with Crippen molar-refractivity contribution in [2.24, 2.45) is 0 Å². The fourth-order valence-electron chi connectivity index (χ4n) is 2.91. The number of carbonyl (C=O) groups excluding carboxylic acids is 1. The minimum absolute atomic E-state index is 0.0242. The zero-order chi connectivity index (χ0) is 19.4. The largest absolute Gasteiger partial charge is 0.292 e. The third-order valence-electron chi connectivity index (χ3n) is 4.42. The summed E-state index contributed by atoms with van der Waals surface area (Å²) in [5.74, 6) is 0.321. The number of aryl methyl sites for hydroxylation is 2. The third-order valence-corrected chi connectivity index (χ3v) is 4.42. The van der Waals surface area contributed by atoms with Crippen molar-refractivity contribution in [3.05, 3.63) is 75.6 Å². The van der Waals surface area contributed by atoms with Crippen molar-refractivity contribution >= 4 is 11.5 Å². The van der Waals surface area contributed by atoms with Gasteiger partial charge in [-0.05, 0) is 30.0 Å². The second-order valence-electron chi connectivity index (χ2n) is 6.19. The molecule has 0 amide bonds. The molecule has 0 spiro atoms. The number of benzene rings is 2. The first-order valence-corrected chi connectivity index (χ1v) is 8.81. The first-order chi connectivity index (χ1) is 13.0. The van der Waals surface area contributed by atoms with Crippen LogP contribution in [0.5, 0.6) is 0 Å². The Morgan fingerprint density at radius 3 is 2.67 bits per heavy atom. The quantitative estimate of drug-likeness (QED) is 0.361. The molecule has 0 aliphatic heterocycles. The summed E-state index contributed by atoms with van der Waals surface area (Å²) in [4.78, 5) is 27.4. The summed E-state index contributed by atoms with van der Waals surface area (Å²) in [7, 11) is 0. The molecule has 0 saturated heterocycles. The lowest BCUT2D eigenvalue weighted by Gasteiger charge is -2.09. The molecule has 2 aromatic carbocycles. The molecular weight excluding hydrogens is 344 g/mol. The summed E-state index contributed by atoms with van der Waals surface area (Å²) in [5, 5.41) is 15.2. The van der Waals surface area contributed by atoms with Gasteiger partial charge in [-0.1, -0.05) is 38.1 Å². The smallest absolute Gasteiger partial charge is 0.270 e. The number of rotatable bonds is 7. The van der Waals surface area contributed by atoms with E-state index >= 15 is 0 Å². The van der Waals surface area contributed by atoms with Crippen LogP contribution in [0.4, 0.5) is 5.69 Å². The van der Waals surface area contributed by atoms with Crippen LogP contribution in [-0.4, -0.2) is 25.5 Å². The highest BCUT2D eigenvalue weighted by molar-refractivity contribution is 5.97. The molecule has 0 unspecified atom stereocenters. The average molecular weight is 364 g/mol. The van der Waals surface area contributed by atoms with E-state index in [2.05, 4.69) is 17.0 Å². The van der Waals surface area contributed by atoms with Crippen LogP contribution in [0.25, 0.3) is 11.4 Å². The highest BCUT2D eigenvalue weighted by atomic mass is 16.6. The van der Waals surface area contributed by atoms with E-state index in [0.717, 1.165) is 24.0 Å². The summed E-state index contributed by atoms with van der Waals surface area (Å²) >= 11 is 0. The van der Waals surface area contributed by atoms with E-state index in [1.165, 1.54) is 23.1 Å². The molecular formula is C20H20N4O3. The number of aromatic nitrogens is 3. The van der Waals surface area contributed by atoms with Crippen molar-refractivity contribution in [2.45, 2.75) is 33.2 Å². The highest BCUT2D eigenvalue weighted by Gasteiger charge is 2.15. The molecule has 0 aliphatic carbocycles. The maximum absolute atomic E-state index is 12.8. The number of ketones is 1. The fourth-order valence-corrected chi connectivity index (χ4v) is 2.91. The molecule has 0 N–H and O–H groups in total. The summed E-state index contributed by atoms with van der Waals surface area (Å²) in [6, 6.07) is 12.1. The Bertz CT molecular complexity index is 994. The molecule has 0 radical (unpaired) electrons. The van der Waals surface area contributed by atoms with E-state index in [9.17, 15) is 14.9 Å². The lowest BCUT2D eigenvalue weighted by molar-refractivity contribution is -0.384. The van der Waals surface area contributed by atoms with E-state index in [1.807, 2.05) is 25.1 Å². The van der Waals surface area contributed by atoms with Crippen LogP contribution in [-0.2, 0) is 19.4 Å². The van der Waals surface area contributed by atoms with Gasteiger partial charge in [0.15, 0.2) is 11.6 Å². The SMILES string of the molecule is CCc1ccc(CC)c(C(=O)Cn2cnc(-c3cccc([N+](=O)[O-])c3)n2)c1. The topological polar surface area (TPSA) is 90.9 Å². The van der Waals surface area contributed by atoms with E-state index < -0.39 is 4.92 Å². The number of hydrogen-bond acceptors (Lipinski definition) is 5. The van der Waals surface area contributed by atoms with E-state index in [4.69, 9.17) is 0 Å². The molecule has 3 rings (SSSR count). The van der Waals surface area contributed by atoms with E-state index in [-0.39, 0.29) is 18.0 Å². The third kappa shape index (κ3) is 4.08. The zero-order valence-electron chi connectivity index (χ0n) is 15.3. The van der Waals surface area contributed by atoms with Gasteiger partial charge < -0.3 is 0 Å². The molecule has 7 heteroatoms. The molecule has 3 aromatic rings. The molecule has 27 heavy (non-hydrogen) atoms. The first kappa shape index (κ1) is 18.4. The van der Waals surface area contributed by atoms with Crippen LogP contribution in [0.15, 0.2) is 48.8 Å². The Morgan fingerprint density at radius 2 is 1.96 bits per heavy atom. The predicted octanol–water partition coefficient (Wildman–Crippen LogP) is 3.86. The van der Waals surface area contributed by atoms with E-state index in [0.29, 0.717) is 17.0 Å². The molecule has 1 heterocycles. The van der Waals surface area contributed by atoms with Crippen LogP contribution in [0.1, 0.15) is 35.3 Å². The number of hydrogen-bond donors (Lipinski definition) is 0. The second kappa shape index (κ2) is 7.90. The zero-order valence-corrected chi connectivity index (χ0v) is 15.3. The van der Waals surface area contributed by atoms with Gasteiger partial charge in [0, 0.05) is 23.3 Å². The van der Waals surface area contributed by atoms with Gasteiger partial charge in [-0.2, -0.15) is 5.10 Å². The van der Waals surface area contributed by atoms with Gasteiger partial charge in [0.25, 0.3) is 5.69 Å². The van der Waals surface area contributed by atoms with Gasteiger partial charge in [0.1, 0.15) is 12.9 Å².